The van der Waals surface area contributed by atoms with Gasteiger partial charge in [0.2, 0.25) is 5.91 Å². The first-order valence-corrected chi connectivity index (χ1v) is 4.53. The Bertz CT molecular complexity index is 474. The molecule has 2 amide bonds. The molecule has 0 bridgehead atoms. The van der Waals surface area contributed by atoms with Crippen molar-refractivity contribution in [3.05, 3.63) is 35.4 Å². The lowest BCUT2D eigenvalue weighted by Crippen LogP contribution is -2.42. The topological polar surface area (TPSA) is 61.2 Å². The third kappa shape index (κ3) is 1.48. The number of amides is 2. The predicted molar refractivity (Wildman–Crippen MR) is 51.8 cm³/mol. The standard InChI is InChI=1S/C11H8N2O2/c12-5-6-13-10(14)7-8-3-1-2-4-9(8)11(13)15/h1-4H,6-7H2. The number of benzene rings is 1. The molecule has 1 aliphatic heterocycles. The summed E-state index contributed by atoms with van der Waals surface area (Å²) in [6.45, 7) is -0.175. The van der Waals surface area contributed by atoms with E-state index in [1.165, 1.54) is 0 Å². The van der Waals surface area contributed by atoms with Crippen LogP contribution >= 0.6 is 0 Å². The molecule has 0 N–H and O–H groups in total. The van der Waals surface area contributed by atoms with Gasteiger partial charge in [-0.3, -0.25) is 14.5 Å². The molecular weight excluding hydrogens is 192 g/mol. The van der Waals surface area contributed by atoms with E-state index in [1.54, 1.807) is 24.3 Å². The molecule has 4 nitrogen and oxygen atoms in total. The molecule has 1 aromatic carbocycles. The van der Waals surface area contributed by atoms with Crippen molar-refractivity contribution in [1.29, 1.82) is 5.26 Å². The molecule has 0 saturated heterocycles. The summed E-state index contributed by atoms with van der Waals surface area (Å²) in [6, 6.07) is 8.79. The number of fused-ring (bicyclic) bond motifs is 1. The quantitative estimate of drug-likeness (QED) is 0.496. The fourth-order valence-corrected chi connectivity index (χ4v) is 1.63. The van der Waals surface area contributed by atoms with Gasteiger partial charge in [-0.15, -0.1) is 0 Å². The van der Waals surface area contributed by atoms with E-state index < -0.39 is 0 Å². The van der Waals surface area contributed by atoms with Crippen LogP contribution in [0.5, 0.6) is 0 Å². The van der Waals surface area contributed by atoms with Gasteiger partial charge in [0.05, 0.1) is 12.5 Å². The summed E-state index contributed by atoms with van der Waals surface area (Å²) in [6.07, 6.45) is 0.198. The van der Waals surface area contributed by atoms with E-state index in [1.807, 2.05) is 6.07 Å². The summed E-state index contributed by atoms with van der Waals surface area (Å²) in [7, 11) is 0. The Morgan fingerprint density at radius 3 is 2.80 bits per heavy atom. The predicted octanol–water partition coefficient (Wildman–Crippen LogP) is 0.735. The first-order valence-electron chi connectivity index (χ1n) is 4.53. The van der Waals surface area contributed by atoms with Crippen LogP contribution in [-0.4, -0.2) is 23.3 Å². The molecule has 0 saturated carbocycles. The largest absolute Gasteiger partial charge is 0.274 e. The SMILES string of the molecule is N#CCN1C(=O)Cc2ccccc2C1=O. The van der Waals surface area contributed by atoms with E-state index in [0.717, 1.165) is 10.5 Å². The van der Waals surface area contributed by atoms with Crippen LogP contribution in [0, 0.1) is 11.3 Å². The van der Waals surface area contributed by atoms with Crippen LogP contribution in [0.1, 0.15) is 15.9 Å². The number of nitrogens with zero attached hydrogens (tertiary/aromatic N) is 2. The molecule has 1 aliphatic rings. The van der Waals surface area contributed by atoms with Gasteiger partial charge in [-0.2, -0.15) is 5.26 Å². The molecule has 0 unspecified atom stereocenters. The average Bonchev–Trinajstić information content (AvgIpc) is 2.24. The summed E-state index contributed by atoms with van der Waals surface area (Å²) in [5.74, 6) is -0.677. The Morgan fingerprint density at radius 2 is 2.07 bits per heavy atom. The molecule has 0 fully saturated rings. The lowest BCUT2D eigenvalue weighted by molar-refractivity contribution is -0.127. The molecule has 0 spiro atoms. The molecule has 1 heterocycles. The minimum Gasteiger partial charge on any atom is -0.274 e. The van der Waals surface area contributed by atoms with Crippen LogP contribution in [0.25, 0.3) is 0 Å². The number of imide groups is 1. The second-order valence-corrected chi connectivity index (χ2v) is 3.28. The van der Waals surface area contributed by atoms with Gasteiger partial charge in [0.1, 0.15) is 6.54 Å². The summed E-state index contributed by atoms with van der Waals surface area (Å²) in [5, 5.41) is 8.51. The minimum absolute atomic E-state index is 0.175. The summed E-state index contributed by atoms with van der Waals surface area (Å²) in [5.41, 5.74) is 1.26. The molecule has 74 valence electrons. The van der Waals surface area contributed by atoms with E-state index in [4.69, 9.17) is 5.26 Å². The van der Waals surface area contributed by atoms with Crippen molar-refractivity contribution in [3.63, 3.8) is 0 Å². The van der Waals surface area contributed by atoms with Crippen molar-refractivity contribution >= 4 is 11.8 Å². The molecule has 0 atom stereocenters. The van der Waals surface area contributed by atoms with Crippen LogP contribution in [-0.2, 0) is 11.2 Å². The van der Waals surface area contributed by atoms with Gasteiger partial charge in [0.25, 0.3) is 5.91 Å². The zero-order valence-corrected chi connectivity index (χ0v) is 7.93. The number of hydrogen-bond donors (Lipinski definition) is 0. The number of nitriles is 1. The second kappa shape index (κ2) is 3.54. The van der Waals surface area contributed by atoms with Crippen LogP contribution in [0.3, 0.4) is 0 Å². The van der Waals surface area contributed by atoms with Gasteiger partial charge >= 0.3 is 0 Å². The average molecular weight is 200 g/mol. The van der Waals surface area contributed by atoms with E-state index in [2.05, 4.69) is 0 Å². The van der Waals surface area contributed by atoms with E-state index in [9.17, 15) is 9.59 Å². The van der Waals surface area contributed by atoms with Crippen molar-refractivity contribution in [2.24, 2.45) is 0 Å². The first kappa shape index (κ1) is 9.41. The highest BCUT2D eigenvalue weighted by Crippen LogP contribution is 2.18. The highest BCUT2D eigenvalue weighted by Gasteiger charge is 2.29. The first-order chi connectivity index (χ1) is 7.24. The van der Waals surface area contributed by atoms with Crippen LogP contribution in [0.4, 0.5) is 0 Å². The third-order valence-electron chi connectivity index (χ3n) is 2.36. The van der Waals surface area contributed by atoms with Crippen molar-refractivity contribution in [1.82, 2.24) is 4.90 Å². The molecule has 4 heteroatoms. The second-order valence-electron chi connectivity index (χ2n) is 3.28. The van der Waals surface area contributed by atoms with Crippen molar-refractivity contribution < 1.29 is 9.59 Å². The van der Waals surface area contributed by atoms with Crippen molar-refractivity contribution in [2.45, 2.75) is 6.42 Å². The van der Waals surface area contributed by atoms with E-state index in [0.29, 0.717) is 5.56 Å². The Morgan fingerprint density at radius 1 is 1.33 bits per heavy atom. The van der Waals surface area contributed by atoms with Gasteiger partial charge in [0.15, 0.2) is 0 Å². The lowest BCUT2D eigenvalue weighted by atomic mass is 9.99. The fraction of sp³-hybridized carbons (Fsp3) is 0.182. The fourth-order valence-electron chi connectivity index (χ4n) is 1.63. The molecule has 15 heavy (non-hydrogen) atoms. The van der Waals surface area contributed by atoms with Gasteiger partial charge in [-0.1, -0.05) is 18.2 Å². The monoisotopic (exact) mass is 200 g/mol. The highest BCUT2D eigenvalue weighted by atomic mass is 16.2. The highest BCUT2D eigenvalue weighted by molar-refractivity contribution is 6.09. The zero-order valence-electron chi connectivity index (χ0n) is 7.93. The molecule has 0 aliphatic carbocycles. The Labute approximate surface area is 86.7 Å². The normalized spacial score (nSPS) is 14.7. The smallest absolute Gasteiger partial charge is 0.261 e. The molecule has 0 radical (unpaired) electrons. The van der Waals surface area contributed by atoms with Gasteiger partial charge < -0.3 is 0 Å². The van der Waals surface area contributed by atoms with Crippen molar-refractivity contribution in [2.75, 3.05) is 6.54 Å². The maximum Gasteiger partial charge on any atom is 0.261 e. The summed E-state index contributed by atoms with van der Waals surface area (Å²) < 4.78 is 0. The number of hydrogen-bond acceptors (Lipinski definition) is 3. The van der Waals surface area contributed by atoms with Crippen LogP contribution < -0.4 is 0 Å². The number of carbonyl (C=O) groups excluding carboxylic acids is 2. The third-order valence-corrected chi connectivity index (χ3v) is 2.36. The van der Waals surface area contributed by atoms with E-state index in [-0.39, 0.29) is 24.8 Å². The molecular formula is C11H8N2O2. The molecule has 0 aromatic heterocycles. The zero-order chi connectivity index (χ0) is 10.8. The molecule has 2 rings (SSSR count). The summed E-state index contributed by atoms with van der Waals surface area (Å²) in [4.78, 5) is 24.3. The number of carbonyl (C=O) groups is 2. The maximum absolute atomic E-state index is 11.8. The van der Waals surface area contributed by atoms with Crippen molar-refractivity contribution in [3.8, 4) is 6.07 Å². The van der Waals surface area contributed by atoms with Gasteiger partial charge in [-0.05, 0) is 11.6 Å². The Hall–Kier alpha value is -2.15. The van der Waals surface area contributed by atoms with Crippen LogP contribution in [0.15, 0.2) is 24.3 Å². The Kier molecular flexibility index (Phi) is 2.22. The van der Waals surface area contributed by atoms with Crippen LogP contribution in [0.2, 0.25) is 0 Å². The maximum atomic E-state index is 11.8. The summed E-state index contributed by atoms with van der Waals surface area (Å²) >= 11 is 0. The Balaban J connectivity index is 2.44. The van der Waals surface area contributed by atoms with Gasteiger partial charge in [0, 0.05) is 5.56 Å². The van der Waals surface area contributed by atoms with E-state index >= 15 is 0 Å². The molecule has 1 aromatic rings. The lowest BCUT2D eigenvalue weighted by Gasteiger charge is -2.24. The van der Waals surface area contributed by atoms with Gasteiger partial charge in [-0.25, -0.2) is 0 Å². The number of rotatable bonds is 1. The minimum atomic E-state index is -0.372.